The lowest BCUT2D eigenvalue weighted by molar-refractivity contribution is 0.353. The van der Waals surface area contributed by atoms with E-state index in [1.807, 2.05) is 11.6 Å². The van der Waals surface area contributed by atoms with E-state index < -0.39 is 0 Å². The van der Waals surface area contributed by atoms with E-state index in [0.29, 0.717) is 18.3 Å². The van der Waals surface area contributed by atoms with Gasteiger partial charge in [0.05, 0.1) is 12.2 Å². The van der Waals surface area contributed by atoms with Gasteiger partial charge < -0.3 is 10.4 Å². The molecule has 0 saturated carbocycles. The first-order valence-corrected chi connectivity index (χ1v) is 6.48. The molecular weight excluding hydrogens is 242 g/mol. The third-order valence-corrected chi connectivity index (χ3v) is 3.45. The van der Waals surface area contributed by atoms with Crippen molar-refractivity contribution in [2.45, 2.75) is 38.9 Å². The van der Waals surface area contributed by atoms with Crippen molar-refractivity contribution in [3.05, 3.63) is 35.7 Å². The molecule has 100 valence electrons. The molecule has 2 N–H and O–H groups in total. The van der Waals surface area contributed by atoms with Crippen LogP contribution in [-0.2, 0) is 19.5 Å². The fraction of sp³-hybridized carbons (Fsp3) is 0.462. The molecule has 2 aromatic heterocycles. The lowest BCUT2D eigenvalue weighted by Crippen LogP contribution is -2.37. The molecule has 6 nitrogen and oxygen atoms in total. The number of fused-ring (bicyclic) bond motifs is 1. The van der Waals surface area contributed by atoms with Gasteiger partial charge in [0.1, 0.15) is 17.9 Å². The van der Waals surface area contributed by atoms with Crippen molar-refractivity contribution in [2.75, 3.05) is 0 Å². The summed E-state index contributed by atoms with van der Waals surface area (Å²) >= 11 is 0. The number of aryl methyl sites for hydroxylation is 2. The number of pyridine rings is 1. The lowest BCUT2D eigenvalue weighted by atomic mass is 10.1. The van der Waals surface area contributed by atoms with Crippen LogP contribution in [0.3, 0.4) is 0 Å². The molecule has 0 aliphatic carbocycles. The normalized spacial score (nSPS) is 18.3. The molecule has 1 aliphatic rings. The van der Waals surface area contributed by atoms with Gasteiger partial charge in [0.2, 0.25) is 0 Å². The molecule has 1 unspecified atom stereocenters. The summed E-state index contributed by atoms with van der Waals surface area (Å²) in [6, 6.07) is 3.84. The molecule has 0 spiro atoms. The van der Waals surface area contributed by atoms with Crippen LogP contribution in [0.5, 0.6) is 5.75 Å². The van der Waals surface area contributed by atoms with Gasteiger partial charge in [-0.25, -0.2) is 9.67 Å². The van der Waals surface area contributed by atoms with Crippen LogP contribution in [-0.4, -0.2) is 30.9 Å². The summed E-state index contributed by atoms with van der Waals surface area (Å²) in [5.74, 6) is 1.30. The second-order valence-corrected chi connectivity index (χ2v) is 4.89. The van der Waals surface area contributed by atoms with Crippen molar-refractivity contribution >= 4 is 0 Å². The average Bonchev–Trinajstić information content (AvgIpc) is 2.87. The van der Waals surface area contributed by atoms with E-state index in [-0.39, 0.29) is 5.75 Å². The van der Waals surface area contributed by atoms with Crippen molar-refractivity contribution in [2.24, 2.45) is 0 Å². The smallest absolute Gasteiger partial charge is 0.138 e. The quantitative estimate of drug-likeness (QED) is 0.852. The summed E-state index contributed by atoms with van der Waals surface area (Å²) in [4.78, 5) is 8.55. The van der Waals surface area contributed by atoms with Crippen molar-refractivity contribution in [3.8, 4) is 5.75 Å². The SMILES string of the molecule is Cc1ccc(O)c(CNC2CCc3ncnn3C2)n1. The Morgan fingerprint density at radius 3 is 3.26 bits per heavy atom. The molecule has 0 fully saturated rings. The van der Waals surface area contributed by atoms with Gasteiger partial charge in [-0.1, -0.05) is 0 Å². The molecule has 19 heavy (non-hydrogen) atoms. The molecule has 3 rings (SSSR count). The summed E-state index contributed by atoms with van der Waals surface area (Å²) in [5, 5.41) is 17.4. The Kier molecular flexibility index (Phi) is 3.16. The summed E-state index contributed by atoms with van der Waals surface area (Å²) in [7, 11) is 0. The Morgan fingerprint density at radius 1 is 1.47 bits per heavy atom. The molecule has 0 radical (unpaired) electrons. The predicted octanol–water partition coefficient (Wildman–Crippen LogP) is 0.792. The highest BCUT2D eigenvalue weighted by atomic mass is 16.3. The molecule has 3 heterocycles. The van der Waals surface area contributed by atoms with E-state index >= 15 is 0 Å². The third-order valence-electron chi connectivity index (χ3n) is 3.45. The van der Waals surface area contributed by atoms with Crippen LogP contribution in [0.4, 0.5) is 0 Å². The number of nitrogens with zero attached hydrogens (tertiary/aromatic N) is 4. The van der Waals surface area contributed by atoms with Crippen LogP contribution < -0.4 is 5.32 Å². The number of aromatic hydroxyl groups is 1. The molecule has 6 heteroatoms. The first-order valence-electron chi connectivity index (χ1n) is 6.48. The molecule has 0 saturated heterocycles. The molecular formula is C13H17N5O. The highest BCUT2D eigenvalue weighted by molar-refractivity contribution is 5.27. The Balaban J connectivity index is 1.63. The Bertz CT molecular complexity index is 580. The zero-order chi connectivity index (χ0) is 13.2. The van der Waals surface area contributed by atoms with Gasteiger partial charge in [0, 0.05) is 24.7 Å². The maximum Gasteiger partial charge on any atom is 0.138 e. The van der Waals surface area contributed by atoms with Crippen LogP contribution in [0.2, 0.25) is 0 Å². The maximum atomic E-state index is 9.76. The minimum atomic E-state index is 0.246. The number of rotatable bonds is 3. The average molecular weight is 259 g/mol. The Morgan fingerprint density at radius 2 is 2.37 bits per heavy atom. The second-order valence-electron chi connectivity index (χ2n) is 4.89. The van der Waals surface area contributed by atoms with Crippen molar-refractivity contribution < 1.29 is 5.11 Å². The minimum absolute atomic E-state index is 0.246. The van der Waals surface area contributed by atoms with Crippen molar-refractivity contribution in [1.82, 2.24) is 25.1 Å². The van der Waals surface area contributed by atoms with E-state index in [0.717, 1.165) is 30.9 Å². The zero-order valence-electron chi connectivity index (χ0n) is 10.9. The first-order chi connectivity index (χ1) is 9.22. The first kappa shape index (κ1) is 12.1. The molecule has 1 atom stereocenters. The summed E-state index contributed by atoms with van der Waals surface area (Å²) in [6.45, 7) is 3.31. The summed E-state index contributed by atoms with van der Waals surface area (Å²) in [6.07, 6.45) is 3.57. The van der Waals surface area contributed by atoms with Crippen molar-refractivity contribution in [3.63, 3.8) is 0 Å². The fourth-order valence-corrected chi connectivity index (χ4v) is 2.38. The van der Waals surface area contributed by atoms with Crippen LogP contribution >= 0.6 is 0 Å². The van der Waals surface area contributed by atoms with E-state index in [4.69, 9.17) is 0 Å². The Labute approximate surface area is 111 Å². The van der Waals surface area contributed by atoms with Gasteiger partial charge in [0.25, 0.3) is 0 Å². The maximum absolute atomic E-state index is 9.76. The topological polar surface area (TPSA) is 75.9 Å². The monoisotopic (exact) mass is 259 g/mol. The predicted molar refractivity (Wildman–Crippen MR) is 69.6 cm³/mol. The largest absolute Gasteiger partial charge is 0.506 e. The van der Waals surface area contributed by atoms with Crippen LogP contribution in [0.1, 0.15) is 23.6 Å². The van der Waals surface area contributed by atoms with Gasteiger partial charge in [-0.05, 0) is 25.5 Å². The van der Waals surface area contributed by atoms with Gasteiger partial charge in [-0.15, -0.1) is 0 Å². The molecule has 2 aromatic rings. The number of aromatic nitrogens is 4. The number of hydrogen-bond acceptors (Lipinski definition) is 5. The van der Waals surface area contributed by atoms with Crippen LogP contribution in [0.25, 0.3) is 0 Å². The van der Waals surface area contributed by atoms with Crippen LogP contribution in [0, 0.1) is 6.92 Å². The van der Waals surface area contributed by atoms with E-state index in [1.165, 1.54) is 0 Å². The minimum Gasteiger partial charge on any atom is -0.506 e. The fourth-order valence-electron chi connectivity index (χ4n) is 2.38. The molecule has 0 amide bonds. The standard InChI is InChI=1S/C13H17N5O/c1-9-2-4-12(19)11(17-9)6-14-10-3-5-13-15-8-16-18(13)7-10/h2,4,8,10,14,19H,3,5-7H2,1H3. The zero-order valence-corrected chi connectivity index (χ0v) is 10.9. The van der Waals surface area contributed by atoms with Crippen molar-refractivity contribution in [1.29, 1.82) is 0 Å². The number of nitrogens with one attached hydrogen (secondary N) is 1. The van der Waals surface area contributed by atoms with E-state index in [2.05, 4.69) is 20.4 Å². The Hall–Kier alpha value is -1.95. The van der Waals surface area contributed by atoms with E-state index in [1.54, 1.807) is 18.5 Å². The van der Waals surface area contributed by atoms with Crippen LogP contribution in [0.15, 0.2) is 18.5 Å². The lowest BCUT2D eigenvalue weighted by Gasteiger charge is -2.23. The van der Waals surface area contributed by atoms with E-state index in [9.17, 15) is 5.11 Å². The van der Waals surface area contributed by atoms with Gasteiger partial charge in [-0.3, -0.25) is 4.98 Å². The highest BCUT2D eigenvalue weighted by Crippen LogP contribution is 2.16. The van der Waals surface area contributed by atoms with Gasteiger partial charge >= 0.3 is 0 Å². The van der Waals surface area contributed by atoms with Gasteiger partial charge in [-0.2, -0.15) is 5.10 Å². The summed E-state index contributed by atoms with van der Waals surface area (Å²) < 4.78 is 1.94. The number of hydrogen-bond donors (Lipinski definition) is 2. The molecule has 1 aliphatic heterocycles. The molecule has 0 aromatic carbocycles. The highest BCUT2D eigenvalue weighted by Gasteiger charge is 2.19. The van der Waals surface area contributed by atoms with Gasteiger partial charge in [0.15, 0.2) is 0 Å². The summed E-state index contributed by atoms with van der Waals surface area (Å²) in [5.41, 5.74) is 1.61. The third kappa shape index (κ3) is 2.58. The second kappa shape index (κ2) is 4.97. The molecule has 0 bridgehead atoms.